The zero-order valence-electron chi connectivity index (χ0n) is 13.8. The maximum atomic E-state index is 3.49. The average molecular weight is 284 g/mol. The van der Waals surface area contributed by atoms with E-state index in [-0.39, 0.29) is 0 Å². The van der Waals surface area contributed by atoms with Crippen molar-refractivity contribution in [3.8, 4) is 0 Å². The maximum Gasteiger partial charge on any atom is 0.0446 e. The molecular weight excluding hydrogens is 256 g/mol. The van der Waals surface area contributed by atoms with E-state index in [2.05, 4.69) is 80.5 Å². The van der Waals surface area contributed by atoms with Crippen molar-refractivity contribution in [3.05, 3.63) is 42.5 Å². The molecule has 0 fully saturated rings. The number of rotatable bonds is 7. The molecule has 2 rings (SSSR count). The molecule has 0 aliphatic heterocycles. The second kappa shape index (κ2) is 7.46. The van der Waals surface area contributed by atoms with Crippen LogP contribution in [0.5, 0.6) is 0 Å². The number of fused-ring (bicyclic) bond motifs is 1. The lowest BCUT2D eigenvalue weighted by molar-refractivity contribution is 0.388. The van der Waals surface area contributed by atoms with Crippen molar-refractivity contribution in [2.45, 2.75) is 33.2 Å². The molecule has 0 radical (unpaired) electrons. The molecule has 0 saturated heterocycles. The highest BCUT2D eigenvalue weighted by molar-refractivity contribution is 5.94. The minimum atomic E-state index is 0.522. The summed E-state index contributed by atoms with van der Waals surface area (Å²) in [6, 6.07) is 15.8. The molecule has 2 aromatic carbocycles. The van der Waals surface area contributed by atoms with E-state index < -0.39 is 0 Å². The van der Waals surface area contributed by atoms with Crippen LogP contribution in [-0.4, -0.2) is 26.2 Å². The zero-order chi connectivity index (χ0) is 15.2. The fraction of sp³-hybridized carbons (Fsp3) is 0.474. The molecule has 0 aromatic heterocycles. The molecule has 2 aromatic rings. The molecule has 2 heteroatoms. The van der Waals surface area contributed by atoms with E-state index in [0.717, 1.165) is 13.1 Å². The van der Waals surface area contributed by atoms with Crippen molar-refractivity contribution in [2.24, 2.45) is 5.92 Å². The molecule has 0 amide bonds. The van der Waals surface area contributed by atoms with E-state index in [1.807, 2.05) is 0 Å². The smallest absolute Gasteiger partial charge is 0.0446 e. The molecule has 2 atom stereocenters. The molecule has 0 aliphatic rings. The first-order valence-electron chi connectivity index (χ1n) is 8.11. The van der Waals surface area contributed by atoms with Gasteiger partial charge in [-0.3, -0.25) is 0 Å². The van der Waals surface area contributed by atoms with Gasteiger partial charge < -0.3 is 10.2 Å². The Bertz CT molecular complexity index is 559. The van der Waals surface area contributed by atoms with Crippen molar-refractivity contribution >= 4 is 16.5 Å². The number of nitrogens with zero attached hydrogens (tertiary/aromatic N) is 1. The zero-order valence-corrected chi connectivity index (χ0v) is 13.8. The summed E-state index contributed by atoms with van der Waals surface area (Å²) in [6.07, 6.45) is 1.21. The molecule has 0 aliphatic carbocycles. The summed E-state index contributed by atoms with van der Waals surface area (Å²) in [5, 5.41) is 6.16. The summed E-state index contributed by atoms with van der Waals surface area (Å²) >= 11 is 0. The van der Waals surface area contributed by atoms with E-state index in [0.29, 0.717) is 12.0 Å². The summed E-state index contributed by atoms with van der Waals surface area (Å²) in [7, 11) is 2.08. The van der Waals surface area contributed by atoms with Crippen molar-refractivity contribution in [1.29, 1.82) is 0 Å². The van der Waals surface area contributed by atoms with Crippen molar-refractivity contribution in [3.63, 3.8) is 0 Å². The lowest BCUT2D eigenvalue weighted by Gasteiger charge is -2.32. The second-order valence-electron chi connectivity index (χ2n) is 5.82. The Morgan fingerprint density at radius 1 is 1.05 bits per heavy atom. The van der Waals surface area contributed by atoms with Crippen LogP contribution in [-0.2, 0) is 0 Å². The van der Waals surface area contributed by atoms with E-state index in [9.17, 15) is 0 Å². The van der Waals surface area contributed by atoms with Gasteiger partial charge in [-0.05, 0) is 31.3 Å². The number of anilines is 1. The highest BCUT2D eigenvalue weighted by Crippen LogP contribution is 2.27. The third kappa shape index (κ3) is 3.56. The fourth-order valence-corrected chi connectivity index (χ4v) is 2.96. The number of nitrogens with one attached hydrogen (secondary N) is 1. The molecule has 2 unspecified atom stereocenters. The lowest BCUT2D eigenvalue weighted by Crippen LogP contribution is -2.43. The normalized spacial score (nSPS) is 14.1. The van der Waals surface area contributed by atoms with Crippen LogP contribution in [0.4, 0.5) is 5.69 Å². The van der Waals surface area contributed by atoms with Gasteiger partial charge in [0.1, 0.15) is 0 Å². The third-order valence-corrected chi connectivity index (χ3v) is 4.61. The van der Waals surface area contributed by atoms with Gasteiger partial charge in [0.05, 0.1) is 0 Å². The van der Waals surface area contributed by atoms with Gasteiger partial charge in [-0.2, -0.15) is 0 Å². The minimum absolute atomic E-state index is 0.522. The van der Waals surface area contributed by atoms with Gasteiger partial charge in [0.2, 0.25) is 0 Å². The first-order chi connectivity index (χ1) is 10.2. The number of likely N-dealkylation sites (N-methyl/N-ethyl adjacent to an activating group) is 2. The summed E-state index contributed by atoms with van der Waals surface area (Å²) in [5.41, 5.74) is 1.35. The van der Waals surface area contributed by atoms with Gasteiger partial charge in [0, 0.05) is 30.2 Å². The van der Waals surface area contributed by atoms with Crippen molar-refractivity contribution in [2.75, 3.05) is 25.0 Å². The highest BCUT2D eigenvalue weighted by atomic mass is 15.1. The monoisotopic (exact) mass is 284 g/mol. The molecule has 0 spiro atoms. The van der Waals surface area contributed by atoms with Gasteiger partial charge in [-0.25, -0.2) is 0 Å². The predicted molar refractivity (Wildman–Crippen MR) is 94.1 cm³/mol. The highest BCUT2D eigenvalue weighted by Gasteiger charge is 2.18. The Balaban J connectivity index is 2.31. The van der Waals surface area contributed by atoms with Crippen LogP contribution in [0, 0.1) is 5.92 Å². The molecule has 1 N–H and O–H groups in total. The second-order valence-corrected chi connectivity index (χ2v) is 5.82. The van der Waals surface area contributed by atoms with E-state index in [1.54, 1.807) is 0 Å². The summed E-state index contributed by atoms with van der Waals surface area (Å²) < 4.78 is 0. The predicted octanol–water partition coefficient (Wildman–Crippen LogP) is 4.30. The molecule has 0 heterocycles. The largest absolute Gasteiger partial charge is 0.370 e. The Morgan fingerprint density at radius 2 is 1.76 bits per heavy atom. The topological polar surface area (TPSA) is 15.3 Å². The summed E-state index contributed by atoms with van der Waals surface area (Å²) in [5.74, 6) is 0.680. The lowest BCUT2D eigenvalue weighted by atomic mass is 9.98. The average Bonchev–Trinajstić information content (AvgIpc) is 2.55. The van der Waals surface area contributed by atoms with Gasteiger partial charge in [-0.1, -0.05) is 56.7 Å². The first-order valence-corrected chi connectivity index (χ1v) is 8.11. The van der Waals surface area contributed by atoms with Crippen molar-refractivity contribution in [1.82, 2.24) is 5.32 Å². The quantitative estimate of drug-likeness (QED) is 0.815. The van der Waals surface area contributed by atoms with E-state index >= 15 is 0 Å². The Morgan fingerprint density at radius 3 is 2.43 bits per heavy atom. The molecule has 114 valence electrons. The van der Waals surface area contributed by atoms with Crippen LogP contribution in [0.25, 0.3) is 10.8 Å². The van der Waals surface area contributed by atoms with Gasteiger partial charge in [-0.15, -0.1) is 0 Å². The number of benzene rings is 2. The molecule has 21 heavy (non-hydrogen) atoms. The molecule has 2 nitrogen and oxygen atoms in total. The van der Waals surface area contributed by atoms with E-state index in [4.69, 9.17) is 0 Å². The Kier molecular flexibility index (Phi) is 5.63. The minimum Gasteiger partial charge on any atom is -0.370 e. The molecular formula is C19H28N2. The number of hydrogen-bond acceptors (Lipinski definition) is 2. The first kappa shape index (κ1) is 15.8. The Labute approximate surface area is 129 Å². The van der Waals surface area contributed by atoms with Gasteiger partial charge >= 0.3 is 0 Å². The van der Waals surface area contributed by atoms with Crippen LogP contribution in [0.1, 0.15) is 27.2 Å². The van der Waals surface area contributed by atoms with Crippen LogP contribution in [0.3, 0.4) is 0 Å². The summed E-state index contributed by atoms with van der Waals surface area (Å²) in [4.78, 5) is 2.50. The van der Waals surface area contributed by atoms with Crippen molar-refractivity contribution < 1.29 is 0 Å². The Hall–Kier alpha value is -1.54. The third-order valence-electron chi connectivity index (χ3n) is 4.61. The maximum absolute atomic E-state index is 3.49. The standard InChI is InChI=1S/C19H28N2/c1-5-15(3)18(20-4)14-21(6-2)19-13-9-11-16-10-7-8-12-17(16)19/h7-13,15,18,20H,5-6,14H2,1-4H3. The van der Waals surface area contributed by atoms with Gasteiger partial charge in [0.15, 0.2) is 0 Å². The summed E-state index contributed by atoms with van der Waals surface area (Å²) in [6.45, 7) is 8.92. The van der Waals surface area contributed by atoms with Crippen LogP contribution < -0.4 is 10.2 Å². The van der Waals surface area contributed by atoms with E-state index in [1.165, 1.54) is 22.9 Å². The fourth-order valence-electron chi connectivity index (χ4n) is 2.96. The SMILES string of the molecule is CCC(C)C(CN(CC)c1cccc2ccccc12)NC. The molecule has 0 bridgehead atoms. The van der Waals surface area contributed by atoms with Crippen LogP contribution in [0.2, 0.25) is 0 Å². The van der Waals surface area contributed by atoms with Gasteiger partial charge in [0.25, 0.3) is 0 Å². The van der Waals surface area contributed by atoms with Crippen LogP contribution >= 0.6 is 0 Å². The molecule has 0 saturated carbocycles. The van der Waals surface area contributed by atoms with Crippen LogP contribution in [0.15, 0.2) is 42.5 Å². The number of hydrogen-bond donors (Lipinski definition) is 1.